The third-order valence-corrected chi connectivity index (χ3v) is 4.48. The van der Waals surface area contributed by atoms with Crippen LogP contribution >= 0.6 is 0 Å². The summed E-state index contributed by atoms with van der Waals surface area (Å²) in [5.41, 5.74) is 2.52. The van der Waals surface area contributed by atoms with Crippen molar-refractivity contribution < 1.29 is 4.92 Å². The molecule has 1 aliphatic rings. The number of hydrogen-bond donors (Lipinski definition) is 1. The highest BCUT2D eigenvalue weighted by Crippen LogP contribution is 2.47. The SMILES string of the molecule is CCC[C@H]1C[C@](C)(CC(C)(C)C)c2cc([N+](=O)[O-])ccc2N1. The first-order chi connectivity index (χ1) is 10.1. The Balaban J connectivity index is 2.47. The molecule has 122 valence electrons. The number of nitro benzene ring substituents is 1. The fourth-order valence-corrected chi connectivity index (χ4v) is 4.06. The Kier molecular flexibility index (Phi) is 4.50. The van der Waals surface area contributed by atoms with Crippen molar-refractivity contribution in [3.8, 4) is 0 Å². The minimum absolute atomic E-state index is 0.0231. The molecule has 0 radical (unpaired) electrons. The van der Waals surface area contributed by atoms with Crippen LogP contribution in [0.5, 0.6) is 0 Å². The van der Waals surface area contributed by atoms with Gasteiger partial charge in [-0.05, 0) is 41.7 Å². The molecular formula is C18H28N2O2. The molecule has 1 N–H and O–H groups in total. The Bertz CT molecular complexity index is 563. The van der Waals surface area contributed by atoms with Gasteiger partial charge in [0.05, 0.1) is 4.92 Å². The van der Waals surface area contributed by atoms with E-state index in [0.717, 1.165) is 36.9 Å². The lowest BCUT2D eigenvalue weighted by Crippen LogP contribution is -2.40. The Hall–Kier alpha value is -1.58. The van der Waals surface area contributed by atoms with Gasteiger partial charge >= 0.3 is 0 Å². The number of anilines is 1. The quantitative estimate of drug-likeness (QED) is 0.608. The number of nitro groups is 1. The molecule has 2 atom stereocenters. The van der Waals surface area contributed by atoms with E-state index in [1.807, 2.05) is 6.07 Å². The lowest BCUT2D eigenvalue weighted by molar-refractivity contribution is -0.385. The maximum Gasteiger partial charge on any atom is 0.269 e. The maximum atomic E-state index is 11.1. The predicted molar refractivity (Wildman–Crippen MR) is 91.5 cm³/mol. The van der Waals surface area contributed by atoms with Crippen LogP contribution in [0.2, 0.25) is 0 Å². The van der Waals surface area contributed by atoms with Crippen molar-refractivity contribution in [2.24, 2.45) is 5.41 Å². The highest BCUT2D eigenvalue weighted by Gasteiger charge is 2.39. The van der Waals surface area contributed by atoms with Crippen LogP contribution in [0.25, 0.3) is 0 Å². The first-order valence-electron chi connectivity index (χ1n) is 8.20. The molecule has 2 rings (SSSR count). The fourth-order valence-electron chi connectivity index (χ4n) is 4.06. The number of hydrogen-bond acceptors (Lipinski definition) is 3. The van der Waals surface area contributed by atoms with Crippen molar-refractivity contribution in [3.05, 3.63) is 33.9 Å². The normalized spacial score (nSPS) is 24.5. The number of fused-ring (bicyclic) bond motifs is 1. The molecule has 1 aliphatic heterocycles. The van der Waals surface area contributed by atoms with Gasteiger partial charge in [-0.1, -0.05) is 41.0 Å². The van der Waals surface area contributed by atoms with Gasteiger partial charge in [0.2, 0.25) is 0 Å². The molecule has 0 amide bonds. The van der Waals surface area contributed by atoms with Crippen molar-refractivity contribution in [2.45, 2.75) is 71.8 Å². The summed E-state index contributed by atoms with van der Waals surface area (Å²) < 4.78 is 0. The fraction of sp³-hybridized carbons (Fsp3) is 0.667. The summed E-state index contributed by atoms with van der Waals surface area (Å²) in [5.74, 6) is 0. The molecule has 1 aromatic carbocycles. The van der Waals surface area contributed by atoms with E-state index in [2.05, 4.69) is 39.9 Å². The average Bonchev–Trinajstić information content (AvgIpc) is 2.36. The molecule has 0 saturated heterocycles. The predicted octanol–water partition coefficient (Wildman–Crippen LogP) is 5.27. The first kappa shape index (κ1) is 16.8. The van der Waals surface area contributed by atoms with Gasteiger partial charge in [-0.2, -0.15) is 0 Å². The van der Waals surface area contributed by atoms with Crippen LogP contribution in [0.4, 0.5) is 11.4 Å². The second kappa shape index (κ2) is 5.90. The zero-order valence-corrected chi connectivity index (χ0v) is 14.4. The second-order valence-corrected chi connectivity index (χ2v) is 8.12. The molecule has 0 fully saturated rings. The highest BCUT2D eigenvalue weighted by molar-refractivity contribution is 5.61. The van der Waals surface area contributed by atoms with Crippen molar-refractivity contribution in [3.63, 3.8) is 0 Å². The molecule has 0 aliphatic carbocycles. The Labute approximate surface area is 133 Å². The lowest BCUT2D eigenvalue weighted by Gasteiger charge is -2.44. The summed E-state index contributed by atoms with van der Waals surface area (Å²) in [7, 11) is 0. The zero-order chi connectivity index (χ0) is 16.5. The standard InChI is InChI=1S/C18H28N2O2/c1-6-7-13-11-18(5,12-17(2,3)4)15-10-14(20(21)22)8-9-16(15)19-13/h8-10,13,19H,6-7,11-12H2,1-5H3/t13-,18+/m0/s1. The van der Waals surface area contributed by atoms with Crippen LogP contribution in [0.3, 0.4) is 0 Å². The van der Waals surface area contributed by atoms with Crippen molar-refractivity contribution >= 4 is 11.4 Å². The summed E-state index contributed by atoms with van der Waals surface area (Å²) in [6, 6.07) is 5.72. The van der Waals surface area contributed by atoms with E-state index in [1.54, 1.807) is 12.1 Å². The van der Waals surface area contributed by atoms with Gasteiger partial charge in [0, 0.05) is 23.9 Å². The molecule has 0 saturated carbocycles. The van der Waals surface area contributed by atoms with Gasteiger partial charge in [-0.15, -0.1) is 0 Å². The second-order valence-electron chi connectivity index (χ2n) is 8.12. The molecule has 1 aromatic rings. The summed E-state index contributed by atoms with van der Waals surface area (Å²) in [5, 5.41) is 14.7. The molecule has 0 spiro atoms. The third-order valence-electron chi connectivity index (χ3n) is 4.48. The van der Waals surface area contributed by atoms with Gasteiger partial charge < -0.3 is 5.32 Å². The Morgan fingerprint density at radius 3 is 2.64 bits per heavy atom. The topological polar surface area (TPSA) is 55.2 Å². The van der Waals surface area contributed by atoms with Crippen LogP contribution in [0.15, 0.2) is 18.2 Å². The Morgan fingerprint density at radius 1 is 1.41 bits per heavy atom. The van der Waals surface area contributed by atoms with E-state index in [9.17, 15) is 10.1 Å². The van der Waals surface area contributed by atoms with E-state index in [0.29, 0.717) is 6.04 Å². The van der Waals surface area contributed by atoms with E-state index in [-0.39, 0.29) is 21.4 Å². The van der Waals surface area contributed by atoms with Crippen molar-refractivity contribution in [2.75, 3.05) is 5.32 Å². The molecule has 0 unspecified atom stereocenters. The van der Waals surface area contributed by atoms with Crippen LogP contribution in [-0.4, -0.2) is 11.0 Å². The third kappa shape index (κ3) is 3.60. The molecule has 0 aromatic heterocycles. The molecule has 4 heteroatoms. The number of nitrogens with one attached hydrogen (secondary N) is 1. The number of nitrogens with zero attached hydrogens (tertiary/aromatic N) is 1. The van der Waals surface area contributed by atoms with Gasteiger partial charge in [-0.25, -0.2) is 0 Å². The van der Waals surface area contributed by atoms with Gasteiger partial charge in [0.25, 0.3) is 5.69 Å². The first-order valence-corrected chi connectivity index (χ1v) is 8.20. The number of non-ortho nitro benzene ring substituents is 1. The van der Waals surface area contributed by atoms with E-state index < -0.39 is 0 Å². The van der Waals surface area contributed by atoms with Gasteiger partial charge in [0.15, 0.2) is 0 Å². The van der Waals surface area contributed by atoms with Gasteiger partial charge in [0.1, 0.15) is 0 Å². The van der Waals surface area contributed by atoms with Crippen LogP contribution in [0, 0.1) is 15.5 Å². The molecule has 22 heavy (non-hydrogen) atoms. The largest absolute Gasteiger partial charge is 0.382 e. The monoisotopic (exact) mass is 304 g/mol. The van der Waals surface area contributed by atoms with Crippen LogP contribution in [-0.2, 0) is 5.41 Å². The van der Waals surface area contributed by atoms with E-state index in [1.165, 1.54) is 0 Å². The van der Waals surface area contributed by atoms with Crippen molar-refractivity contribution in [1.29, 1.82) is 0 Å². The smallest absolute Gasteiger partial charge is 0.269 e. The average molecular weight is 304 g/mol. The molecule has 4 nitrogen and oxygen atoms in total. The summed E-state index contributed by atoms with van der Waals surface area (Å²) in [4.78, 5) is 10.8. The van der Waals surface area contributed by atoms with E-state index in [4.69, 9.17) is 0 Å². The minimum Gasteiger partial charge on any atom is -0.382 e. The highest BCUT2D eigenvalue weighted by atomic mass is 16.6. The molecule has 1 heterocycles. The number of benzene rings is 1. The summed E-state index contributed by atoms with van der Waals surface area (Å²) >= 11 is 0. The maximum absolute atomic E-state index is 11.1. The zero-order valence-electron chi connectivity index (χ0n) is 14.4. The van der Waals surface area contributed by atoms with Crippen molar-refractivity contribution in [1.82, 2.24) is 0 Å². The molecular weight excluding hydrogens is 276 g/mol. The summed E-state index contributed by atoms with van der Waals surface area (Å²) in [6.45, 7) is 11.2. The van der Waals surface area contributed by atoms with E-state index >= 15 is 0 Å². The number of rotatable bonds is 4. The van der Waals surface area contributed by atoms with Gasteiger partial charge in [-0.3, -0.25) is 10.1 Å². The van der Waals surface area contributed by atoms with Crippen LogP contribution in [0.1, 0.15) is 65.9 Å². The van der Waals surface area contributed by atoms with Crippen LogP contribution < -0.4 is 5.32 Å². The Morgan fingerprint density at radius 2 is 2.09 bits per heavy atom. The summed E-state index contributed by atoms with van der Waals surface area (Å²) in [6.07, 6.45) is 4.34. The lowest BCUT2D eigenvalue weighted by atomic mass is 9.65. The minimum atomic E-state index is -0.296. The molecule has 0 bridgehead atoms.